The van der Waals surface area contributed by atoms with E-state index in [1.165, 1.54) is 7.11 Å². The highest BCUT2D eigenvalue weighted by Gasteiger charge is 2.42. The highest BCUT2D eigenvalue weighted by atomic mass is 32.1. The highest BCUT2D eigenvalue weighted by Crippen LogP contribution is 2.44. The number of thiocarbonyl (C=S) groups is 1. The number of hydrogen-bond donors (Lipinski definition) is 2. The topological polar surface area (TPSA) is 93.5 Å². The van der Waals surface area contributed by atoms with Crippen LogP contribution in [0, 0.1) is 13.8 Å². The first-order chi connectivity index (χ1) is 19.4. The van der Waals surface area contributed by atoms with Gasteiger partial charge in [0.05, 0.1) is 30.6 Å². The first kappa shape index (κ1) is 27.3. The summed E-state index contributed by atoms with van der Waals surface area (Å²) >= 11 is 5.93. The minimum absolute atomic E-state index is 0.0651. The molecule has 1 amide bonds. The zero-order valence-corrected chi connectivity index (χ0v) is 23.7. The normalized spacial score (nSPS) is 16.6. The zero-order chi connectivity index (χ0) is 28.2. The second-order valence-electron chi connectivity index (χ2n) is 9.64. The van der Waals surface area contributed by atoms with Gasteiger partial charge in [-0.05, 0) is 79.7 Å². The first-order valence-electron chi connectivity index (χ1n) is 12.9. The Morgan fingerprint density at radius 1 is 1.10 bits per heavy atom. The van der Waals surface area contributed by atoms with Gasteiger partial charge in [-0.1, -0.05) is 12.1 Å². The summed E-state index contributed by atoms with van der Waals surface area (Å²) in [7, 11) is 3.05. The van der Waals surface area contributed by atoms with Crippen molar-refractivity contribution in [3.05, 3.63) is 101 Å². The molecule has 206 valence electrons. The molecule has 0 bridgehead atoms. The maximum atomic E-state index is 12.4. The first-order valence-corrected chi connectivity index (χ1v) is 13.3. The lowest BCUT2D eigenvalue weighted by Gasteiger charge is -2.29. The number of hydrogen-bond acceptors (Lipinski definition) is 6. The second-order valence-corrected chi connectivity index (χ2v) is 10.0. The molecule has 4 aromatic rings. The van der Waals surface area contributed by atoms with Gasteiger partial charge < -0.3 is 29.6 Å². The molecule has 1 saturated heterocycles. The summed E-state index contributed by atoms with van der Waals surface area (Å²) in [5.41, 5.74) is 6.75. The predicted octanol–water partition coefficient (Wildman–Crippen LogP) is 4.71. The van der Waals surface area contributed by atoms with Crippen LogP contribution in [0.25, 0.3) is 0 Å². The Morgan fingerprint density at radius 2 is 1.95 bits per heavy atom. The fourth-order valence-corrected chi connectivity index (χ4v) is 5.60. The summed E-state index contributed by atoms with van der Waals surface area (Å²) in [6, 6.07) is 17.4. The lowest BCUT2D eigenvalue weighted by molar-refractivity contribution is -0.119. The third kappa shape index (κ3) is 5.41. The van der Waals surface area contributed by atoms with Gasteiger partial charge in [-0.3, -0.25) is 14.8 Å². The number of nitrogens with zero attached hydrogens (tertiary/aromatic N) is 4. The number of anilines is 2. The van der Waals surface area contributed by atoms with E-state index >= 15 is 0 Å². The highest BCUT2D eigenvalue weighted by molar-refractivity contribution is 7.80. The van der Waals surface area contributed by atoms with Crippen LogP contribution in [-0.2, 0) is 16.1 Å². The maximum Gasteiger partial charge on any atom is 0.250 e. The van der Waals surface area contributed by atoms with Gasteiger partial charge in [-0.25, -0.2) is 0 Å². The molecule has 0 aliphatic carbocycles. The van der Waals surface area contributed by atoms with E-state index < -0.39 is 0 Å². The van der Waals surface area contributed by atoms with Gasteiger partial charge in [0.15, 0.2) is 5.11 Å². The molecule has 0 radical (unpaired) electrons. The number of rotatable bonds is 9. The zero-order valence-electron chi connectivity index (χ0n) is 22.9. The third-order valence-electron chi connectivity index (χ3n) is 7.10. The minimum Gasteiger partial charge on any atom is -0.495 e. The Labute approximate surface area is 239 Å². The second kappa shape index (κ2) is 11.8. The predicted molar refractivity (Wildman–Crippen MR) is 159 cm³/mol. The van der Waals surface area contributed by atoms with Crippen LogP contribution in [0.4, 0.5) is 11.4 Å². The fraction of sp³-hybridized carbons (Fsp3) is 0.267. The Kier molecular flexibility index (Phi) is 8.09. The molecule has 9 nitrogen and oxygen atoms in total. The molecular formula is C30H32N6O3S. The summed E-state index contributed by atoms with van der Waals surface area (Å²) < 4.78 is 12.8. The number of carbonyl (C=O) groups excluding carboxylic acids is 1. The van der Waals surface area contributed by atoms with Crippen LogP contribution in [0.15, 0.2) is 73.2 Å². The number of methoxy groups -OCH3 is 2. The average molecular weight is 557 g/mol. The van der Waals surface area contributed by atoms with Crippen molar-refractivity contribution in [1.29, 1.82) is 0 Å². The van der Waals surface area contributed by atoms with Crippen molar-refractivity contribution >= 4 is 34.6 Å². The summed E-state index contributed by atoms with van der Waals surface area (Å²) in [5.74, 6) is 0.265. The number of benzene rings is 1. The van der Waals surface area contributed by atoms with Crippen molar-refractivity contribution in [2.24, 2.45) is 0 Å². The molecule has 0 spiro atoms. The molecule has 1 aromatic carbocycles. The average Bonchev–Trinajstić information content (AvgIpc) is 3.45. The van der Waals surface area contributed by atoms with E-state index in [0.717, 1.165) is 33.9 Å². The van der Waals surface area contributed by atoms with Crippen molar-refractivity contribution in [3.63, 3.8) is 0 Å². The van der Waals surface area contributed by atoms with E-state index in [0.29, 0.717) is 23.1 Å². The number of aryl methyl sites for hydroxylation is 1. The molecule has 1 aliphatic heterocycles. The molecule has 3 aromatic heterocycles. The molecule has 0 unspecified atom stereocenters. The Balaban J connectivity index is 1.60. The number of carbonyl (C=O) groups is 1. The molecule has 5 rings (SSSR count). The number of aromatic nitrogens is 3. The standard InChI is InChI=1S/C30H32N6O3S/c1-19-14-23(20(2)35(19)17-21-8-7-12-31-16-21)29-28(24-9-5-6-13-32-24)34-30(40)36(29)22-10-11-26(39-4)25(15-22)33-27(37)18-38-3/h5-16,28-29H,17-18H2,1-4H3,(H,33,37)(H,34,40)/t28-,29+/m0/s1. The van der Waals surface area contributed by atoms with Crippen molar-refractivity contribution in [3.8, 4) is 5.75 Å². The quantitative estimate of drug-likeness (QED) is 0.286. The Hall–Kier alpha value is -4.28. The van der Waals surface area contributed by atoms with Gasteiger partial charge in [0.25, 0.3) is 0 Å². The van der Waals surface area contributed by atoms with Gasteiger partial charge in [0.1, 0.15) is 12.4 Å². The van der Waals surface area contributed by atoms with Gasteiger partial charge >= 0.3 is 0 Å². The van der Waals surface area contributed by atoms with Crippen LogP contribution in [0.3, 0.4) is 0 Å². The molecule has 2 atom stereocenters. The molecule has 10 heteroatoms. The number of amides is 1. The van der Waals surface area contributed by atoms with Gasteiger partial charge in [0.2, 0.25) is 5.91 Å². The number of pyridine rings is 2. The summed E-state index contributed by atoms with van der Waals surface area (Å²) in [5, 5.41) is 6.97. The fourth-order valence-electron chi connectivity index (χ4n) is 5.25. The van der Waals surface area contributed by atoms with Gasteiger partial charge in [-0.2, -0.15) is 0 Å². The lowest BCUT2D eigenvalue weighted by Crippen LogP contribution is -2.29. The Bertz CT molecular complexity index is 1510. The van der Waals surface area contributed by atoms with Crippen LogP contribution in [0.1, 0.15) is 40.3 Å². The van der Waals surface area contributed by atoms with Crippen LogP contribution in [-0.4, -0.2) is 46.4 Å². The van der Waals surface area contributed by atoms with E-state index in [1.54, 1.807) is 19.5 Å². The molecular weight excluding hydrogens is 524 g/mol. The van der Waals surface area contributed by atoms with Crippen LogP contribution < -0.4 is 20.3 Å². The molecule has 2 N–H and O–H groups in total. The molecule has 1 fully saturated rings. The molecule has 0 saturated carbocycles. The minimum atomic E-state index is -0.276. The van der Waals surface area contributed by atoms with Crippen molar-refractivity contribution in [1.82, 2.24) is 19.9 Å². The maximum absolute atomic E-state index is 12.4. The van der Waals surface area contributed by atoms with E-state index in [-0.39, 0.29) is 24.6 Å². The van der Waals surface area contributed by atoms with Crippen LogP contribution in [0.5, 0.6) is 5.75 Å². The lowest BCUT2D eigenvalue weighted by atomic mass is 9.96. The van der Waals surface area contributed by atoms with E-state index in [9.17, 15) is 4.79 Å². The monoisotopic (exact) mass is 556 g/mol. The Morgan fingerprint density at radius 3 is 2.65 bits per heavy atom. The molecule has 4 heterocycles. The van der Waals surface area contributed by atoms with E-state index in [4.69, 9.17) is 21.7 Å². The third-order valence-corrected chi connectivity index (χ3v) is 7.42. The van der Waals surface area contributed by atoms with E-state index in [2.05, 4.69) is 56.0 Å². The number of ether oxygens (including phenoxy) is 2. The SMILES string of the molecule is COCC(=O)Nc1cc(N2C(=S)N[C@@H](c3ccccn3)[C@H]2c2cc(C)n(Cc3cccnc3)c2C)ccc1OC. The van der Waals surface area contributed by atoms with Gasteiger partial charge in [-0.15, -0.1) is 0 Å². The van der Waals surface area contributed by atoms with E-state index in [1.807, 2.05) is 48.7 Å². The molecule has 40 heavy (non-hydrogen) atoms. The smallest absolute Gasteiger partial charge is 0.250 e. The summed E-state index contributed by atoms with van der Waals surface area (Å²) in [4.78, 5) is 23.4. The van der Waals surface area contributed by atoms with Crippen LogP contribution in [0.2, 0.25) is 0 Å². The number of nitrogens with one attached hydrogen (secondary N) is 2. The van der Waals surface area contributed by atoms with Crippen molar-refractivity contribution in [2.45, 2.75) is 32.5 Å². The van der Waals surface area contributed by atoms with Crippen LogP contribution >= 0.6 is 12.2 Å². The summed E-state index contributed by atoms with van der Waals surface area (Å²) in [6.07, 6.45) is 5.47. The van der Waals surface area contributed by atoms with Gasteiger partial charge in [0, 0.05) is 49.3 Å². The summed E-state index contributed by atoms with van der Waals surface area (Å²) in [6.45, 7) is 4.90. The largest absolute Gasteiger partial charge is 0.495 e. The van der Waals surface area contributed by atoms with Crippen molar-refractivity contribution < 1.29 is 14.3 Å². The van der Waals surface area contributed by atoms with Crippen molar-refractivity contribution in [2.75, 3.05) is 31.0 Å². The molecule has 1 aliphatic rings.